The Morgan fingerprint density at radius 2 is 1.56 bits per heavy atom. The Bertz CT molecular complexity index is 1840. The zero-order valence-corrected chi connectivity index (χ0v) is 28.5. The highest BCUT2D eigenvalue weighted by atomic mass is 19.4. The van der Waals surface area contributed by atoms with Crippen molar-refractivity contribution >= 4 is 11.8 Å². The lowest BCUT2D eigenvalue weighted by Crippen LogP contribution is -2.45. The van der Waals surface area contributed by atoms with Crippen molar-refractivity contribution in [3.05, 3.63) is 101 Å². The van der Waals surface area contributed by atoms with Crippen LogP contribution in [0.3, 0.4) is 0 Å². The van der Waals surface area contributed by atoms with Gasteiger partial charge in [0.2, 0.25) is 11.5 Å². The maximum Gasteiger partial charge on any atom is 0.426 e. The molecule has 0 spiro atoms. The molecule has 1 aliphatic heterocycles. The summed E-state index contributed by atoms with van der Waals surface area (Å²) in [4.78, 5) is 16.8. The Morgan fingerprint density at radius 3 is 2.15 bits per heavy atom. The van der Waals surface area contributed by atoms with Crippen LogP contribution in [0.2, 0.25) is 0 Å². The molecule has 2 aromatic heterocycles. The monoisotopic (exact) mass is 734 g/mol. The van der Waals surface area contributed by atoms with Crippen molar-refractivity contribution in [1.82, 2.24) is 15.2 Å². The van der Waals surface area contributed by atoms with E-state index in [2.05, 4.69) is 20.5 Å². The van der Waals surface area contributed by atoms with Crippen LogP contribution in [0.1, 0.15) is 63.1 Å². The van der Waals surface area contributed by atoms with Crippen LogP contribution in [-0.2, 0) is 39.2 Å². The molecule has 5 rings (SSSR count). The molecule has 52 heavy (non-hydrogen) atoms. The van der Waals surface area contributed by atoms with E-state index in [0.29, 0.717) is 11.6 Å². The number of carbonyl (C=O) groups excluding carboxylic acids is 1. The van der Waals surface area contributed by atoms with Crippen molar-refractivity contribution in [3.8, 4) is 17.5 Å². The SMILES string of the molecule is C[C@H]1Oc2nc(c(NC(=O)OC(C)(C)C)cc2C(F)(F)F)-c2nnc(o2)[C@@](OCc2ccccc2)(C(F)(F)F)C/C=C/CC1OCc1ccccc1. The van der Waals surface area contributed by atoms with Gasteiger partial charge in [-0.25, -0.2) is 9.78 Å². The summed E-state index contributed by atoms with van der Waals surface area (Å²) in [6, 6.07) is 17.5. The normalized spacial score (nSPS) is 20.3. The summed E-state index contributed by atoms with van der Waals surface area (Å²) in [5.74, 6) is -2.78. The lowest BCUT2D eigenvalue weighted by atomic mass is 9.97. The second-order valence-electron chi connectivity index (χ2n) is 12.9. The van der Waals surface area contributed by atoms with Crippen molar-refractivity contribution < 1.29 is 54.5 Å². The molecule has 0 fully saturated rings. The van der Waals surface area contributed by atoms with Gasteiger partial charge in [0.1, 0.15) is 17.3 Å². The molecular formula is C36H36F6N4O6. The number of amides is 1. The van der Waals surface area contributed by atoms with Gasteiger partial charge in [-0.3, -0.25) is 5.32 Å². The number of rotatable bonds is 7. The maximum atomic E-state index is 15.3. The highest BCUT2D eigenvalue weighted by Gasteiger charge is 2.61. The van der Waals surface area contributed by atoms with Crippen LogP contribution < -0.4 is 10.1 Å². The number of carbonyl (C=O) groups is 1. The minimum Gasteiger partial charge on any atom is -0.471 e. The van der Waals surface area contributed by atoms with Crippen LogP contribution in [0.25, 0.3) is 11.6 Å². The summed E-state index contributed by atoms with van der Waals surface area (Å²) in [7, 11) is 0. The number of hydrogen-bond acceptors (Lipinski definition) is 9. The van der Waals surface area contributed by atoms with Gasteiger partial charge >= 0.3 is 18.4 Å². The third kappa shape index (κ3) is 9.28. The minimum atomic E-state index is -5.15. The van der Waals surface area contributed by atoms with Crippen molar-refractivity contribution in [1.29, 1.82) is 0 Å². The molecule has 3 atom stereocenters. The van der Waals surface area contributed by atoms with Gasteiger partial charge < -0.3 is 23.4 Å². The molecule has 0 radical (unpaired) electrons. The van der Waals surface area contributed by atoms with Gasteiger partial charge in [-0.2, -0.15) is 26.3 Å². The first kappa shape index (κ1) is 38.3. The van der Waals surface area contributed by atoms with Crippen molar-refractivity contribution in [2.45, 2.75) is 89.5 Å². The van der Waals surface area contributed by atoms with E-state index in [-0.39, 0.29) is 13.0 Å². The number of ether oxygens (including phenoxy) is 4. The first-order chi connectivity index (χ1) is 24.4. The molecule has 0 aliphatic carbocycles. The Hall–Kier alpha value is -4.96. The summed E-state index contributed by atoms with van der Waals surface area (Å²) in [6.45, 7) is 5.51. The van der Waals surface area contributed by atoms with E-state index in [1.54, 1.807) is 60.7 Å². The highest BCUT2D eigenvalue weighted by molar-refractivity contribution is 5.89. The van der Waals surface area contributed by atoms with E-state index < -0.39 is 89.5 Å². The summed E-state index contributed by atoms with van der Waals surface area (Å²) >= 11 is 0. The standard InChI is InChI=1S/C36H36F6N4O6/c1-22-27(48-20-23-13-7-5-8-14-23)17-11-12-18-34(36(40,41)42,49-21-24-15-9-6-10-16-24)31-46-45-30(51-31)28-26(43-32(47)52-33(2,3)4)19-25(35(37,38)39)29(44-28)50-22/h5-16,19,22,27H,17-18,20-21H2,1-4H3,(H,43,47)/b12-11+/t22-,27?,34-/m1/s1. The first-order valence-electron chi connectivity index (χ1n) is 16.1. The van der Waals surface area contributed by atoms with Crippen LogP contribution in [0.5, 0.6) is 5.88 Å². The second kappa shape index (κ2) is 15.3. The van der Waals surface area contributed by atoms with E-state index in [9.17, 15) is 18.0 Å². The highest BCUT2D eigenvalue weighted by Crippen LogP contribution is 2.47. The quantitative estimate of drug-likeness (QED) is 0.147. The smallest absolute Gasteiger partial charge is 0.426 e. The number of benzene rings is 2. The number of alkyl halides is 6. The zero-order chi connectivity index (χ0) is 37.7. The topological polar surface area (TPSA) is 118 Å². The van der Waals surface area contributed by atoms with Gasteiger partial charge in [-0.15, -0.1) is 10.2 Å². The van der Waals surface area contributed by atoms with Gasteiger partial charge in [-0.05, 0) is 51.3 Å². The van der Waals surface area contributed by atoms with E-state index in [0.717, 1.165) is 5.56 Å². The average molecular weight is 735 g/mol. The average Bonchev–Trinajstić information content (AvgIpc) is 3.55. The molecule has 4 aromatic rings. The predicted octanol–water partition coefficient (Wildman–Crippen LogP) is 9.17. The van der Waals surface area contributed by atoms with Gasteiger partial charge in [0.05, 0.1) is 25.0 Å². The third-order valence-corrected chi connectivity index (χ3v) is 7.76. The van der Waals surface area contributed by atoms with Gasteiger partial charge in [0.15, 0.2) is 5.69 Å². The number of halogens is 6. The molecule has 1 amide bonds. The fraction of sp³-hybridized carbons (Fsp3) is 0.389. The van der Waals surface area contributed by atoms with Crippen molar-refractivity contribution in [3.63, 3.8) is 0 Å². The summed E-state index contributed by atoms with van der Waals surface area (Å²) in [6.07, 6.45) is -11.8. The first-order valence-corrected chi connectivity index (χ1v) is 16.1. The number of fused-ring (bicyclic) bond motifs is 5. The van der Waals surface area contributed by atoms with E-state index in [1.807, 2.05) is 0 Å². The fourth-order valence-electron chi connectivity index (χ4n) is 5.16. The van der Waals surface area contributed by atoms with Gasteiger partial charge in [-0.1, -0.05) is 72.8 Å². The van der Waals surface area contributed by atoms with Gasteiger partial charge in [0.25, 0.3) is 11.8 Å². The lowest BCUT2D eigenvalue weighted by Gasteiger charge is -2.32. The van der Waals surface area contributed by atoms with Crippen LogP contribution in [0.4, 0.5) is 36.8 Å². The molecular weight excluding hydrogens is 698 g/mol. The summed E-state index contributed by atoms with van der Waals surface area (Å²) < 4.78 is 118. The Morgan fingerprint density at radius 1 is 0.923 bits per heavy atom. The largest absolute Gasteiger partial charge is 0.471 e. The number of aromatic nitrogens is 3. The third-order valence-electron chi connectivity index (χ3n) is 7.76. The Labute approximate surface area is 295 Å². The zero-order valence-electron chi connectivity index (χ0n) is 28.5. The molecule has 1 aliphatic rings. The molecule has 1 unspecified atom stereocenters. The molecule has 2 aromatic carbocycles. The Kier molecular flexibility index (Phi) is 11.3. The van der Waals surface area contributed by atoms with Gasteiger partial charge in [0, 0.05) is 6.42 Å². The number of anilines is 1. The molecule has 0 saturated heterocycles. The number of hydrogen-bond donors (Lipinski definition) is 1. The van der Waals surface area contributed by atoms with Crippen molar-refractivity contribution in [2.24, 2.45) is 0 Å². The van der Waals surface area contributed by atoms with E-state index in [4.69, 9.17) is 23.4 Å². The Balaban J connectivity index is 1.67. The fourth-order valence-corrected chi connectivity index (χ4v) is 5.16. The molecule has 16 heteroatoms. The second-order valence-corrected chi connectivity index (χ2v) is 12.9. The molecule has 278 valence electrons. The molecule has 10 nitrogen and oxygen atoms in total. The maximum absolute atomic E-state index is 15.3. The molecule has 0 saturated carbocycles. The number of pyridine rings is 1. The van der Waals surface area contributed by atoms with Crippen LogP contribution >= 0.6 is 0 Å². The molecule has 4 bridgehead atoms. The number of nitrogens with zero attached hydrogens (tertiary/aromatic N) is 3. The molecule has 3 heterocycles. The summed E-state index contributed by atoms with van der Waals surface area (Å²) in [5.41, 5.74) is -5.82. The van der Waals surface area contributed by atoms with Crippen LogP contribution in [-0.4, -0.2) is 45.3 Å². The molecule has 1 N–H and O–H groups in total. The predicted molar refractivity (Wildman–Crippen MR) is 175 cm³/mol. The lowest BCUT2D eigenvalue weighted by molar-refractivity contribution is -0.295. The van der Waals surface area contributed by atoms with Crippen LogP contribution in [0.15, 0.2) is 83.3 Å². The van der Waals surface area contributed by atoms with Crippen LogP contribution in [0, 0.1) is 0 Å². The van der Waals surface area contributed by atoms with Crippen molar-refractivity contribution in [2.75, 3.05) is 5.32 Å². The number of nitrogens with one attached hydrogen (secondary N) is 1. The minimum absolute atomic E-state index is 0.0186. The van der Waals surface area contributed by atoms with E-state index >= 15 is 13.2 Å². The summed E-state index contributed by atoms with van der Waals surface area (Å²) in [5, 5.41) is 9.60. The van der Waals surface area contributed by atoms with E-state index in [1.165, 1.54) is 39.8 Å².